The lowest BCUT2D eigenvalue weighted by Crippen LogP contribution is -2.40. The van der Waals surface area contributed by atoms with Gasteiger partial charge < -0.3 is 23.7 Å². The van der Waals surface area contributed by atoms with Crippen molar-refractivity contribution < 1.29 is 38.3 Å². The molecule has 266 valence electrons. The van der Waals surface area contributed by atoms with Gasteiger partial charge in [-0.25, -0.2) is 9.79 Å². The van der Waals surface area contributed by atoms with Crippen LogP contribution in [0, 0.1) is 23.8 Å². The normalized spacial score (nSPS) is 14.1. The summed E-state index contributed by atoms with van der Waals surface area (Å²) in [6.07, 6.45) is 1.51. The molecule has 0 amide bonds. The molecule has 0 saturated carbocycles. The number of aromatic nitrogens is 1. The second-order valence-corrected chi connectivity index (χ2v) is 13.4. The molecular formula is C34H31IN4O11S. The molecule has 0 spiro atoms. The van der Waals surface area contributed by atoms with Crippen molar-refractivity contribution in [2.45, 2.75) is 39.8 Å². The summed E-state index contributed by atoms with van der Waals surface area (Å²) in [5.41, 5.74) is 0.219. The fourth-order valence-corrected chi connectivity index (χ4v) is 7.13. The van der Waals surface area contributed by atoms with Crippen molar-refractivity contribution in [2.24, 2.45) is 4.99 Å². The molecule has 1 aliphatic heterocycles. The highest BCUT2D eigenvalue weighted by atomic mass is 127. The quantitative estimate of drug-likeness (QED) is 0.0726. The van der Waals surface area contributed by atoms with E-state index in [1.807, 2.05) is 36.4 Å². The molecule has 0 N–H and O–H groups in total. The zero-order chi connectivity index (χ0) is 37.1. The maximum Gasteiger partial charge on any atom is 0.338 e. The Bertz CT molecular complexity index is 2280. The van der Waals surface area contributed by atoms with E-state index in [-0.39, 0.29) is 35.5 Å². The molecule has 51 heavy (non-hydrogen) atoms. The molecule has 1 atom stereocenters. The van der Waals surface area contributed by atoms with Gasteiger partial charge in [-0.2, -0.15) is 0 Å². The molecule has 3 aromatic carbocycles. The number of hydrogen-bond donors (Lipinski definition) is 0. The molecule has 2 heterocycles. The number of ether oxygens (including phenoxy) is 5. The largest absolute Gasteiger partial charge is 0.493 e. The van der Waals surface area contributed by atoms with E-state index in [4.69, 9.17) is 23.7 Å². The summed E-state index contributed by atoms with van der Waals surface area (Å²) in [6, 6.07) is 10.6. The van der Waals surface area contributed by atoms with Gasteiger partial charge in [0.15, 0.2) is 27.8 Å². The number of nitro groups is 2. The first kappa shape index (κ1) is 37.0. The first-order valence-corrected chi connectivity index (χ1v) is 17.2. The molecule has 5 rings (SSSR count). The number of hydrogen-bond acceptors (Lipinski definition) is 13. The number of halogens is 1. The van der Waals surface area contributed by atoms with Gasteiger partial charge in [-0.15, -0.1) is 0 Å². The summed E-state index contributed by atoms with van der Waals surface area (Å²) in [5, 5.41) is 22.9. The number of carbonyl (C=O) groups is 1. The van der Waals surface area contributed by atoms with Gasteiger partial charge in [-0.1, -0.05) is 17.4 Å². The van der Waals surface area contributed by atoms with Gasteiger partial charge >= 0.3 is 11.7 Å². The van der Waals surface area contributed by atoms with Crippen LogP contribution in [0.4, 0.5) is 11.4 Å². The smallest absolute Gasteiger partial charge is 0.338 e. The van der Waals surface area contributed by atoms with Gasteiger partial charge in [0.25, 0.3) is 11.2 Å². The van der Waals surface area contributed by atoms with Crippen LogP contribution in [0.5, 0.6) is 28.7 Å². The molecule has 0 radical (unpaired) electrons. The van der Waals surface area contributed by atoms with E-state index in [0.717, 1.165) is 29.5 Å². The molecule has 4 aromatic rings. The standard InChI is InChI=1S/C34H31IN4O11S/c1-7-48-33(41)29-18(4)36-34-37(30(29)20-8-10-25(49-17(2)3)26(15-20)46-5)32(40)28(51-34)14-19-12-22(35)31(27(13-19)47-6)50-24-11-9-21(38(42)43)16-23(24)39(44)45/h8-17,30H,7H2,1-6H3/b28-14+/t30-/m1/s1. The molecule has 1 aliphatic rings. The number of nitrogens with zero attached hydrogens (tertiary/aromatic N) is 4. The molecule has 15 nitrogen and oxygen atoms in total. The SMILES string of the molecule is CCOC(=O)C1=C(C)N=c2s/c(=C/c3cc(I)c(Oc4ccc([N+](=O)[O-])cc4[N+](=O)[O-])c(OC)c3)c(=O)n2[C@@H]1c1ccc(OC(C)C)c(OC)c1. The zero-order valence-electron chi connectivity index (χ0n) is 28.1. The van der Waals surface area contributed by atoms with E-state index < -0.39 is 38.8 Å². The topological polar surface area (TPSA) is 184 Å². The Morgan fingerprint density at radius 3 is 2.35 bits per heavy atom. The number of nitro benzene ring substituents is 2. The van der Waals surface area contributed by atoms with Crippen LogP contribution < -0.4 is 33.8 Å². The van der Waals surface area contributed by atoms with Crippen molar-refractivity contribution in [3.63, 3.8) is 0 Å². The number of carbonyl (C=O) groups excluding carboxylic acids is 1. The van der Waals surface area contributed by atoms with Crippen molar-refractivity contribution >= 4 is 57.3 Å². The third-order valence-corrected chi connectivity index (χ3v) is 9.28. The fourth-order valence-electron chi connectivity index (χ4n) is 5.34. The van der Waals surface area contributed by atoms with Gasteiger partial charge in [0.2, 0.25) is 5.75 Å². The van der Waals surface area contributed by atoms with Gasteiger partial charge in [-0.3, -0.25) is 29.6 Å². The number of thiazole rings is 1. The fraction of sp³-hybridized carbons (Fsp3) is 0.265. The Hall–Kier alpha value is -5.30. The Morgan fingerprint density at radius 1 is 1.02 bits per heavy atom. The first-order valence-electron chi connectivity index (χ1n) is 15.3. The van der Waals surface area contributed by atoms with Crippen LogP contribution in [0.3, 0.4) is 0 Å². The van der Waals surface area contributed by atoms with Crippen LogP contribution in [-0.2, 0) is 9.53 Å². The predicted octanol–water partition coefficient (Wildman–Crippen LogP) is 5.82. The Kier molecular flexibility index (Phi) is 11.1. The number of rotatable bonds is 12. The van der Waals surface area contributed by atoms with Crippen LogP contribution in [0.15, 0.2) is 69.6 Å². The van der Waals surface area contributed by atoms with Crippen molar-refractivity contribution in [3.8, 4) is 28.7 Å². The maximum absolute atomic E-state index is 14.2. The van der Waals surface area contributed by atoms with Gasteiger partial charge in [-0.05, 0) is 97.8 Å². The average Bonchev–Trinajstić information content (AvgIpc) is 3.38. The van der Waals surface area contributed by atoms with Gasteiger partial charge in [0.1, 0.15) is 0 Å². The van der Waals surface area contributed by atoms with Gasteiger partial charge in [0, 0.05) is 6.07 Å². The summed E-state index contributed by atoms with van der Waals surface area (Å²) in [4.78, 5) is 53.9. The van der Waals surface area contributed by atoms with Crippen LogP contribution in [-0.4, -0.2) is 47.3 Å². The number of methoxy groups -OCH3 is 2. The summed E-state index contributed by atoms with van der Waals surface area (Å²) in [6.45, 7) is 7.27. The molecule has 0 unspecified atom stereocenters. The number of benzene rings is 3. The summed E-state index contributed by atoms with van der Waals surface area (Å²) in [7, 11) is 2.88. The molecule has 0 bridgehead atoms. The highest BCUT2D eigenvalue weighted by molar-refractivity contribution is 14.1. The predicted molar refractivity (Wildman–Crippen MR) is 195 cm³/mol. The Balaban J connectivity index is 1.62. The van der Waals surface area contributed by atoms with Crippen molar-refractivity contribution in [1.29, 1.82) is 0 Å². The minimum atomic E-state index is -0.896. The van der Waals surface area contributed by atoms with E-state index >= 15 is 0 Å². The van der Waals surface area contributed by atoms with Crippen molar-refractivity contribution in [1.82, 2.24) is 4.57 Å². The minimum Gasteiger partial charge on any atom is -0.493 e. The van der Waals surface area contributed by atoms with Crippen LogP contribution in [0.2, 0.25) is 0 Å². The number of esters is 1. The van der Waals surface area contributed by atoms with Crippen LogP contribution >= 0.6 is 33.9 Å². The molecule has 0 fully saturated rings. The Labute approximate surface area is 307 Å². The second-order valence-electron chi connectivity index (χ2n) is 11.2. The van der Waals surface area contributed by atoms with E-state index in [9.17, 15) is 29.8 Å². The number of allylic oxidation sites excluding steroid dienone is 1. The van der Waals surface area contributed by atoms with E-state index in [0.29, 0.717) is 41.2 Å². The minimum absolute atomic E-state index is 0.120. The average molecular weight is 831 g/mol. The van der Waals surface area contributed by atoms with Crippen LogP contribution in [0.25, 0.3) is 6.08 Å². The lowest BCUT2D eigenvalue weighted by molar-refractivity contribution is -0.394. The summed E-state index contributed by atoms with van der Waals surface area (Å²) < 4.78 is 30.5. The third kappa shape index (κ3) is 7.58. The number of fused-ring (bicyclic) bond motifs is 1. The number of non-ortho nitro benzene ring substituents is 1. The van der Waals surface area contributed by atoms with E-state index in [1.54, 1.807) is 50.3 Å². The molecule has 17 heteroatoms. The lowest BCUT2D eigenvalue weighted by Gasteiger charge is -2.25. The molecular weight excluding hydrogens is 799 g/mol. The molecule has 0 aliphatic carbocycles. The zero-order valence-corrected chi connectivity index (χ0v) is 31.1. The summed E-state index contributed by atoms with van der Waals surface area (Å²) >= 11 is 3.09. The van der Waals surface area contributed by atoms with E-state index in [2.05, 4.69) is 4.99 Å². The lowest BCUT2D eigenvalue weighted by atomic mass is 9.95. The second kappa shape index (κ2) is 15.3. The molecule has 1 aromatic heterocycles. The summed E-state index contributed by atoms with van der Waals surface area (Å²) in [5.74, 6) is 0.397. The Morgan fingerprint density at radius 2 is 1.73 bits per heavy atom. The van der Waals surface area contributed by atoms with Gasteiger partial charge in [0.05, 0.1) is 68.3 Å². The van der Waals surface area contributed by atoms with Crippen molar-refractivity contribution in [2.75, 3.05) is 20.8 Å². The monoisotopic (exact) mass is 830 g/mol. The van der Waals surface area contributed by atoms with Crippen molar-refractivity contribution in [3.05, 3.63) is 114 Å². The third-order valence-electron chi connectivity index (χ3n) is 7.49. The highest BCUT2D eigenvalue weighted by Gasteiger charge is 2.34. The van der Waals surface area contributed by atoms with Crippen LogP contribution in [0.1, 0.15) is 44.9 Å². The molecule has 0 saturated heterocycles. The maximum atomic E-state index is 14.2. The van der Waals surface area contributed by atoms with E-state index in [1.165, 1.54) is 18.8 Å². The first-order chi connectivity index (χ1) is 24.3. The highest BCUT2D eigenvalue weighted by Crippen LogP contribution is 2.41.